The number of Topliss-reactive ketones (excluding diaryl/α,β-unsaturated/α-hetero) is 2. The zero-order chi connectivity index (χ0) is 21.1. The minimum Gasteiger partial charge on any atom is -0.335 e. The molecular weight excluding hydrogens is 371 g/mol. The first kappa shape index (κ1) is 20.2. The first-order chi connectivity index (χ1) is 13.8. The van der Waals surface area contributed by atoms with Crippen LogP contribution < -0.4 is 5.32 Å². The van der Waals surface area contributed by atoms with E-state index in [9.17, 15) is 18.8 Å². The number of halogens is 1. The first-order valence-electron chi connectivity index (χ1n) is 9.14. The van der Waals surface area contributed by atoms with Gasteiger partial charge >= 0.3 is 0 Å². The van der Waals surface area contributed by atoms with Crippen molar-refractivity contribution in [2.24, 2.45) is 0 Å². The third kappa shape index (κ3) is 4.48. The van der Waals surface area contributed by atoms with Gasteiger partial charge in [0.1, 0.15) is 12.4 Å². The van der Waals surface area contributed by atoms with Gasteiger partial charge in [-0.25, -0.2) is 4.39 Å². The third-order valence-electron chi connectivity index (χ3n) is 4.74. The maximum Gasteiger partial charge on any atom is 0.244 e. The molecule has 1 heterocycles. The molecule has 3 aromatic rings. The molecule has 0 aliphatic rings. The van der Waals surface area contributed by atoms with Crippen LogP contribution in [0.1, 0.15) is 40.3 Å². The molecule has 6 heteroatoms. The van der Waals surface area contributed by atoms with E-state index in [4.69, 9.17) is 0 Å². The molecule has 1 amide bonds. The number of ketones is 2. The Balaban J connectivity index is 1.92. The summed E-state index contributed by atoms with van der Waals surface area (Å²) >= 11 is 0. The van der Waals surface area contributed by atoms with Gasteiger partial charge < -0.3 is 9.88 Å². The normalized spacial score (nSPS) is 10.6. The molecule has 0 aliphatic carbocycles. The largest absolute Gasteiger partial charge is 0.335 e. The molecule has 0 unspecified atom stereocenters. The molecule has 0 saturated carbocycles. The first-order valence-corrected chi connectivity index (χ1v) is 9.14. The highest BCUT2D eigenvalue weighted by Crippen LogP contribution is 2.27. The average molecular weight is 392 g/mol. The molecule has 1 aromatic heterocycles. The zero-order valence-electron chi connectivity index (χ0n) is 16.5. The Labute approximate surface area is 168 Å². The summed E-state index contributed by atoms with van der Waals surface area (Å²) in [4.78, 5) is 36.2. The van der Waals surface area contributed by atoms with Gasteiger partial charge in [-0.3, -0.25) is 14.4 Å². The van der Waals surface area contributed by atoms with Crippen molar-refractivity contribution < 1.29 is 18.8 Å². The number of nitrogens with zero attached hydrogens (tertiary/aromatic N) is 1. The van der Waals surface area contributed by atoms with Crippen molar-refractivity contribution in [3.8, 4) is 11.3 Å². The quantitative estimate of drug-likeness (QED) is 0.621. The van der Waals surface area contributed by atoms with Crippen LogP contribution in [0.3, 0.4) is 0 Å². The van der Waals surface area contributed by atoms with Gasteiger partial charge in [0, 0.05) is 28.2 Å². The van der Waals surface area contributed by atoms with Crippen LogP contribution in [0.25, 0.3) is 11.3 Å². The molecule has 2 aromatic carbocycles. The monoisotopic (exact) mass is 392 g/mol. The van der Waals surface area contributed by atoms with Crippen LogP contribution in [-0.4, -0.2) is 22.0 Å². The predicted octanol–water partition coefficient (Wildman–Crippen LogP) is 4.65. The van der Waals surface area contributed by atoms with Crippen LogP contribution in [-0.2, 0) is 11.3 Å². The van der Waals surface area contributed by atoms with Crippen molar-refractivity contribution >= 4 is 23.2 Å². The van der Waals surface area contributed by atoms with Crippen LogP contribution in [0.5, 0.6) is 0 Å². The number of nitrogens with one attached hydrogen (secondary N) is 1. The molecule has 0 aliphatic heterocycles. The molecule has 0 radical (unpaired) electrons. The number of hydrogen-bond acceptors (Lipinski definition) is 3. The van der Waals surface area contributed by atoms with E-state index in [-0.39, 0.29) is 29.8 Å². The number of amides is 1. The third-order valence-corrected chi connectivity index (χ3v) is 4.74. The van der Waals surface area contributed by atoms with E-state index in [1.165, 1.54) is 26.0 Å². The van der Waals surface area contributed by atoms with Gasteiger partial charge in [0.25, 0.3) is 0 Å². The highest BCUT2D eigenvalue weighted by molar-refractivity contribution is 5.98. The van der Waals surface area contributed by atoms with Crippen LogP contribution >= 0.6 is 0 Å². The highest BCUT2D eigenvalue weighted by Gasteiger charge is 2.18. The summed E-state index contributed by atoms with van der Waals surface area (Å²) in [5.41, 5.74) is 3.54. The lowest BCUT2D eigenvalue weighted by Gasteiger charge is -2.13. The minimum atomic E-state index is -0.363. The lowest BCUT2D eigenvalue weighted by Crippen LogP contribution is -2.20. The van der Waals surface area contributed by atoms with Gasteiger partial charge in [-0.2, -0.15) is 0 Å². The summed E-state index contributed by atoms with van der Waals surface area (Å²) in [7, 11) is 0. The fourth-order valence-corrected chi connectivity index (χ4v) is 3.23. The van der Waals surface area contributed by atoms with E-state index < -0.39 is 0 Å². The molecule has 0 bridgehead atoms. The van der Waals surface area contributed by atoms with Crippen LogP contribution in [0.2, 0.25) is 0 Å². The smallest absolute Gasteiger partial charge is 0.244 e. The van der Waals surface area contributed by atoms with E-state index >= 15 is 0 Å². The van der Waals surface area contributed by atoms with Gasteiger partial charge in [-0.15, -0.1) is 0 Å². The van der Waals surface area contributed by atoms with Crippen LogP contribution in [0, 0.1) is 12.7 Å². The molecule has 0 atom stereocenters. The van der Waals surface area contributed by atoms with Gasteiger partial charge in [-0.1, -0.05) is 12.1 Å². The summed E-state index contributed by atoms with van der Waals surface area (Å²) in [6.45, 7) is 4.67. The van der Waals surface area contributed by atoms with Crippen molar-refractivity contribution in [2.45, 2.75) is 27.3 Å². The lowest BCUT2D eigenvalue weighted by molar-refractivity contribution is -0.116. The maximum atomic E-state index is 13.3. The number of hydrogen-bond donors (Lipinski definition) is 1. The molecule has 0 fully saturated rings. The number of carbonyl (C=O) groups excluding carboxylic acids is 3. The second-order valence-electron chi connectivity index (χ2n) is 6.86. The number of carbonyl (C=O) groups is 3. The van der Waals surface area contributed by atoms with Gasteiger partial charge in [0.2, 0.25) is 5.91 Å². The number of anilines is 1. The Morgan fingerprint density at radius 3 is 2.28 bits per heavy atom. The van der Waals surface area contributed by atoms with Gasteiger partial charge in [0.15, 0.2) is 11.6 Å². The predicted molar refractivity (Wildman–Crippen MR) is 110 cm³/mol. The molecule has 0 saturated heterocycles. The Bertz CT molecular complexity index is 1100. The summed E-state index contributed by atoms with van der Waals surface area (Å²) < 4.78 is 15.0. The SMILES string of the molecule is CC(=O)c1cccc(NC(=O)Cn2c(-c3ccc(F)cc3)cc(C(C)=O)c2C)c1. The molecular formula is C23H21FN2O3. The minimum absolute atomic E-state index is 0.0316. The Morgan fingerprint density at radius 2 is 1.66 bits per heavy atom. The van der Waals surface area contributed by atoms with Crippen LogP contribution in [0.15, 0.2) is 54.6 Å². The highest BCUT2D eigenvalue weighted by atomic mass is 19.1. The van der Waals surface area contributed by atoms with E-state index in [1.807, 2.05) is 0 Å². The van der Waals surface area contributed by atoms with E-state index in [0.717, 1.165) is 0 Å². The number of benzene rings is 2. The Kier molecular flexibility index (Phi) is 5.73. The van der Waals surface area contributed by atoms with E-state index in [0.29, 0.717) is 33.8 Å². The molecule has 3 rings (SSSR count). The zero-order valence-corrected chi connectivity index (χ0v) is 16.5. The number of aromatic nitrogens is 1. The summed E-state index contributed by atoms with van der Waals surface area (Å²) in [6, 6.07) is 14.3. The summed E-state index contributed by atoms with van der Waals surface area (Å²) in [5, 5.41) is 2.78. The Hall–Kier alpha value is -3.54. The van der Waals surface area contributed by atoms with Gasteiger partial charge in [-0.05, 0) is 68.8 Å². The molecule has 148 valence electrons. The van der Waals surface area contributed by atoms with Crippen molar-refractivity contribution in [1.82, 2.24) is 4.57 Å². The van der Waals surface area contributed by atoms with E-state index in [2.05, 4.69) is 5.32 Å². The van der Waals surface area contributed by atoms with Gasteiger partial charge in [0.05, 0.1) is 0 Å². The standard InChI is InChI=1S/C23H21FN2O3/c1-14-21(16(3)28)12-22(17-7-9-19(24)10-8-17)26(14)13-23(29)25-20-6-4-5-18(11-20)15(2)27/h4-12H,13H2,1-3H3,(H,25,29). The van der Waals surface area contributed by atoms with E-state index in [1.54, 1.807) is 54.0 Å². The van der Waals surface area contributed by atoms with Crippen molar-refractivity contribution in [3.05, 3.63) is 77.2 Å². The molecule has 5 nitrogen and oxygen atoms in total. The molecule has 0 spiro atoms. The fraction of sp³-hybridized carbons (Fsp3) is 0.174. The summed E-state index contributed by atoms with van der Waals surface area (Å²) in [5.74, 6) is -0.868. The second-order valence-corrected chi connectivity index (χ2v) is 6.86. The fourth-order valence-electron chi connectivity index (χ4n) is 3.23. The summed E-state index contributed by atoms with van der Waals surface area (Å²) in [6.07, 6.45) is 0. The Morgan fingerprint density at radius 1 is 0.966 bits per heavy atom. The van der Waals surface area contributed by atoms with Crippen molar-refractivity contribution in [3.63, 3.8) is 0 Å². The average Bonchev–Trinajstić information content (AvgIpc) is 2.99. The molecule has 29 heavy (non-hydrogen) atoms. The van der Waals surface area contributed by atoms with Crippen molar-refractivity contribution in [2.75, 3.05) is 5.32 Å². The second kappa shape index (κ2) is 8.22. The lowest BCUT2D eigenvalue weighted by atomic mass is 10.1. The maximum absolute atomic E-state index is 13.3. The van der Waals surface area contributed by atoms with Crippen LogP contribution in [0.4, 0.5) is 10.1 Å². The van der Waals surface area contributed by atoms with Crippen molar-refractivity contribution in [1.29, 1.82) is 0 Å². The molecule has 1 N–H and O–H groups in total. The number of rotatable bonds is 6. The topological polar surface area (TPSA) is 68.2 Å².